The van der Waals surface area contributed by atoms with Crippen LogP contribution in [0.15, 0.2) is 15.9 Å². The van der Waals surface area contributed by atoms with Gasteiger partial charge in [-0.15, -0.1) is 11.3 Å². The lowest BCUT2D eigenvalue weighted by atomic mass is 9.97. The van der Waals surface area contributed by atoms with Gasteiger partial charge in [-0.25, -0.2) is 0 Å². The largest absolute Gasteiger partial charge is 0.381 e. The lowest BCUT2D eigenvalue weighted by molar-refractivity contribution is 0.182. The van der Waals surface area contributed by atoms with Crippen molar-refractivity contribution in [2.75, 3.05) is 13.2 Å². The van der Waals surface area contributed by atoms with Gasteiger partial charge < -0.3 is 10.5 Å². The van der Waals surface area contributed by atoms with Crippen molar-refractivity contribution in [1.29, 1.82) is 0 Å². The topological polar surface area (TPSA) is 35.2 Å². The van der Waals surface area contributed by atoms with E-state index in [1.165, 1.54) is 15.8 Å². The van der Waals surface area contributed by atoms with Crippen LogP contribution in [0.5, 0.6) is 0 Å². The summed E-state index contributed by atoms with van der Waals surface area (Å²) in [5, 5.41) is 2.10. The Hall–Kier alpha value is 0.1000. The van der Waals surface area contributed by atoms with Crippen LogP contribution < -0.4 is 5.73 Å². The van der Waals surface area contributed by atoms with Crippen LogP contribution in [0.2, 0.25) is 0 Å². The Morgan fingerprint density at radius 1 is 1.67 bits per heavy atom. The fourth-order valence-electron chi connectivity index (χ4n) is 1.99. The maximum Gasteiger partial charge on any atom is 0.0495 e. The molecule has 0 spiro atoms. The molecule has 2 atom stereocenters. The van der Waals surface area contributed by atoms with Crippen LogP contribution in [0.4, 0.5) is 0 Å². The van der Waals surface area contributed by atoms with Crippen LogP contribution in [0, 0.1) is 5.92 Å². The van der Waals surface area contributed by atoms with Gasteiger partial charge in [0.2, 0.25) is 0 Å². The van der Waals surface area contributed by atoms with Crippen molar-refractivity contribution >= 4 is 27.3 Å². The molecule has 2 unspecified atom stereocenters. The molecule has 2 rings (SSSR count). The van der Waals surface area contributed by atoms with Gasteiger partial charge in [-0.1, -0.05) is 0 Å². The highest BCUT2D eigenvalue weighted by Crippen LogP contribution is 2.26. The zero-order valence-corrected chi connectivity index (χ0v) is 11.0. The van der Waals surface area contributed by atoms with E-state index >= 15 is 0 Å². The van der Waals surface area contributed by atoms with Gasteiger partial charge in [-0.2, -0.15) is 0 Å². The molecule has 1 aliphatic heterocycles. The molecule has 0 bridgehead atoms. The smallest absolute Gasteiger partial charge is 0.0495 e. The molecule has 1 aromatic rings. The fourth-order valence-corrected chi connectivity index (χ4v) is 3.60. The minimum atomic E-state index is 0.270. The maximum atomic E-state index is 6.14. The molecule has 0 aliphatic carbocycles. The van der Waals surface area contributed by atoms with E-state index in [0.29, 0.717) is 5.92 Å². The zero-order valence-electron chi connectivity index (χ0n) is 8.62. The summed E-state index contributed by atoms with van der Waals surface area (Å²) in [7, 11) is 0. The standard InChI is InChI=1S/C11H16BrNOS/c12-10-2-4-15-11(10)6-9(13)5-8-1-3-14-7-8/h2,4,8-9H,1,3,5-7,13H2. The normalized spacial score (nSPS) is 23.2. The summed E-state index contributed by atoms with van der Waals surface area (Å²) in [6, 6.07) is 2.36. The van der Waals surface area contributed by atoms with Crippen LogP contribution in [-0.2, 0) is 11.2 Å². The minimum Gasteiger partial charge on any atom is -0.381 e. The van der Waals surface area contributed by atoms with Gasteiger partial charge in [-0.3, -0.25) is 0 Å². The number of hydrogen-bond donors (Lipinski definition) is 1. The van der Waals surface area contributed by atoms with E-state index < -0.39 is 0 Å². The molecule has 84 valence electrons. The quantitative estimate of drug-likeness (QED) is 0.925. The van der Waals surface area contributed by atoms with Gasteiger partial charge in [0.05, 0.1) is 0 Å². The SMILES string of the molecule is NC(Cc1sccc1Br)CC1CCOC1. The number of hydrogen-bond acceptors (Lipinski definition) is 3. The predicted molar refractivity (Wildman–Crippen MR) is 67.2 cm³/mol. The zero-order chi connectivity index (χ0) is 10.7. The number of nitrogens with two attached hydrogens (primary N) is 1. The number of rotatable bonds is 4. The van der Waals surface area contributed by atoms with Crippen LogP contribution >= 0.6 is 27.3 Å². The molecule has 2 heterocycles. The Balaban J connectivity index is 1.81. The molecule has 4 heteroatoms. The summed E-state index contributed by atoms with van der Waals surface area (Å²) >= 11 is 5.32. The average molecular weight is 290 g/mol. The Morgan fingerprint density at radius 2 is 2.53 bits per heavy atom. The van der Waals surface area contributed by atoms with Gasteiger partial charge >= 0.3 is 0 Å². The highest BCUT2D eigenvalue weighted by molar-refractivity contribution is 9.10. The van der Waals surface area contributed by atoms with Gasteiger partial charge in [0, 0.05) is 28.6 Å². The molecule has 2 N–H and O–H groups in total. The van der Waals surface area contributed by atoms with Crippen molar-refractivity contribution in [3.8, 4) is 0 Å². The first kappa shape index (κ1) is 11.6. The fraction of sp³-hybridized carbons (Fsp3) is 0.636. The lowest BCUT2D eigenvalue weighted by Gasteiger charge is -2.14. The van der Waals surface area contributed by atoms with Crippen molar-refractivity contribution < 1.29 is 4.74 Å². The van der Waals surface area contributed by atoms with Crippen molar-refractivity contribution in [2.45, 2.75) is 25.3 Å². The number of thiophene rings is 1. The highest BCUT2D eigenvalue weighted by Gasteiger charge is 2.19. The summed E-state index contributed by atoms with van der Waals surface area (Å²) in [6.45, 7) is 1.82. The lowest BCUT2D eigenvalue weighted by Crippen LogP contribution is -2.26. The third-order valence-corrected chi connectivity index (χ3v) is 4.75. The molecule has 1 aromatic heterocycles. The van der Waals surface area contributed by atoms with E-state index in [4.69, 9.17) is 10.5 Å². The molecule has 0 radical (unpaired) electrons. The summed E-state index contributed by atoms with van der Waals surface area (Å²) < 4.78 is 6.55. The molecule has 2 nitrogen and oxygen atoms in total. The summed E-state index contributed by atoms with van der Waals surface area (Å²) in [4.78, 5) is 1.36. The van der Waals surface area contributed by atoms with E-state index in [-0.39, 0.29) is 6.04 Å². The second-order valence-corrected chi connectivity index (χ2v) is 5.98. The molecule has 1 fully saturated rings. The summed E-state index contributed by atoms with van der Waals surface area (Å²) in [6.07, 6.45) is 3.25. The first-order chi connectivity index (χ1) is 7.25. The van der Waals surface area contributed by atoms with Crippen molar-refractivity contribution in [2.24, 2.45) is 11.7 Å². The number of ether oxygens (including phenoxy) is 1. The average Bonchev–Trinajstić information content (AvgIpc) is 2.79. The van der Waals surface area contributed by atoms with Gasteiger partial charge in [-0.05, 0) is 52.6 Å². The van der Waals surface area contributed by atoms with E-state index in [1.54, 1.807) is 11.3 Å². The first-order valence-corrected chi connectivity index (χ1v) is 6.98. The van der Waals surface area contributed by atoms with E-state index in [0.717, 1.165) is 26.1 Å². The predicted octanol–water partition coefficient (Wildman–Crippen LogP) is 2.81. The van der Waals surface area contributed by atoms with Crippen LogP contribution in [0.25, 0.3) is 0 Å². The molecular formula is C11H16BrNOS. The van der Waals surface area contributed by atoms with Crippen molar-refractivity contribution in [1.82, 2.24) is 0 Å². The molecule has 0 amide bonds. The molecular weight excluding hydrogens is 274 g/mol. The van der Waals surface area contributed by atoms with E-state index in [9.17, 15) is 0 Å². The summed E-state index contributed by atoms with van der Waals surface area (Å²) in [5.41, 5.74) is 6.14. The molecule has 1 saturated heterocycles. The van der Waals surface area contributed by atoms with Gasteiger partial charge in [0.25, 0.3) is 0 Å². The first-order valence-electron chi connectivity index (χ1n) is 5.31. The third kappa shape index (κ3) is 3.28. The Labute approximate surface area is 103 Å². The Kier molecular flexibility index (Phi) is 4.20. The van der Waals surface area contributed by atoms with Crippen molar-refractivity contribution in [3.63, 3.8) is 0 Å². The van der Waals surface area contributed by atoms with E-state index in [1.807, 2.05) is 0 Å². The van der Waals surface area contributed by atoms with Crippen LogP contribution in [0.3, 0.4) is 0 Å². The second kappa shape index (κ2) is 5.43. The monoisotopic (exact) mass is 289 g/mol. The molecule has 1 aliphatic rings. The van der Waals surface area contributed by atoms with Crippen molar-refractivity contribution in [3.05, 3.63) is 20.8 Å². The molecule has 15 heavy (non-hydrogen) atoms. The second-order valence-electron chi connectivity index (χ2n) is 4.12. The van der Waals surface area contributed by atoms with Crippen LogP contribution in [-0.4, -0.2) is 19.3 Å². The number of halogens is 1. The van der Waals surface area contributed by atoms with Gasteiger partial charge in [0.15, 0.2) is 0 Å². The van der Waals surface area contributed by atoms with Gasteiger partial charge in [0.1, 0.15) is 0 Å². The minimum absolute atomic E-state index is 0.270. The Bertz CT molecular complexity index is 309. The maximum absolute atomic E-state index is 6.14. The molecule has 0 aromatic carbocycles. The van der Waals surface area contributed by atoms with E-state index in [2.05, 4.69) is 27.4 Å². The third-order valence-electron chi connectivity index (χ3n) is 2.80. The molecule has 0 saturated carbocycles. The Morgan fingerprint density at radius 3 is 3.13 bits per heavy atom. The van der Waals surface area contributed by atoms with Crippen LogP contribution in [0.1, 0.15) is 17.7 Å². The highest BCUT2D eigenvalue weighted by atomic mass is 79.9. The summed E-state index contributed by atoms with van der Waals surface area (Å²) in [5.74, 6) is 0.679.